The maximum absolute atomic E-state index is 13.6. The maximum Gasteiger partial charge on any atom is 0.251 e. The van der Waals surface area contributed by atoms with Crippen LogP contribution in [0.4, 0.5) is 0 Å². The van der Waals surface area contributed by atoms with Crippen molar-refractivity contribution in [2.75, 3.05) is 0 Å². The topological polar surface area (TPSA) is 151 Å². The lowest BCUT2D eigenvalue weighted by Crippen LogP contribution is -2.54. The SMILES string of the molecule is CC(C)(C)NC(=O)c1ccccc1C[C@@H](O)[C@H](Cc1ccccc1)NC(=O)[C@H](CC(N)=O)NC(=O)c1ccc2ccccc2c1. The van der Waals surface area contributed by atoms with E-state index in [4.69, 9.17) is 5.73 Å². The van der Waals surface area contributed by atoms with Gasteiger partial charge < -0.3 is 26.8 Å². The Morgan fingerprint density at radius 3 is 2.09 bits per heavy atom. The Labute approximate surface area is 263 Å². The number of primary amides is 1. The fraction of sp³-hybridized carbons (Fsp3) is 0.278. The summed E-state index contributed by atoms with van der Waals surface area (Å²) in [4.78, 5) is 51.8. The third kappa shape index (κ3) is 9.48. The molecule has 0 aliphatic rings. The molecule has 9 nitrogen and oxygen atoms in total. The highest BCUT2D eigenvalue weighted by atomic mass is 16.3. The van der Waals surface area contributed by atoms with Crippen molar-refractivity contribution in [2.24, 2.45) is 5.73 Å². The lowest BCUT2D eigenvalue weighted by molar-refractivity contribution is -0.128. The zero-order valence-electron chi connectivity index (χ0n) is 25.7. The Hall–Kier alpha value is -5.02. The van der Waals surface area contributed by atoms with Crippen molar-refractivity contribution in [1.29, 1.82) is 0 Å². The van der Waals surface area contributed by atoms with E-state index in [0.29, 0.717) is 16.7 Å². The molecule has 234 valence electrons. The molecule has 0 unspecified atom stereocenters. The van der Waals surface area contributed by atoms with Crippen LogP contribution in [0.25, 0.3) is 10.8 Å². The first-order chi connectivity index (χ1) is 21.4. The van der Waals surface area contributed by atoms with E-state index in [1.54, 1.807) is 42.5 Å². The Morgan fingerprint density at radius 1 is 0.756 bits per heavy atom. The molecule has 6 N–H and O–H groups in total. The largest absolute Gasteiger partial charge is 0.391 e. The van der Waals surface area contributed by atoms with Crippen LogP contribution in [0.1, 0.15) is 59.0 Å². The highest BCUT2D eigenvalue weighted by Crippen LogP contribution is 2.18. The number of carbonyl (C=O) groups excluding carboxylic acids is 4. The number of fused-ring (bicyclic) bond motifs is 1. The van der Waals surface area contributed by atoms with E-state index in [-0.39, 0.29) is 18.7 Å². The summed E-state index contributed by atoms with van der Waals surface area (Å²) in [6.45, 7) is 5.65. The number of benzene rings is 4. The predicted octanol–water partition coefficient (Wildman–Crippen LogP) is 3.67. The highest BCUT2D eigenvalue weighted by molar-refractivity contribution is 6.01. The molecule has 0 saturated heterocycles. The van der Waals surface area contributed by atoms with E-state index in [9.17, 15) is 24.3 Å². The number of nitrogens with two attached hydrogens (primary N) is 1. The first-order valence-corrected chi connectivity index (χ1v) is 14.9. The minimum Gasteiger partial charge on any atom is -0.391 e. The smallest absolute Gasteiger partial charge is 0.251 e. The molecule has 0 radical (unpaired) electrons. The molecule has 3 atom stereocenters. The molecule has 0 aliphatic heterocycles. The molecule has 0 heterocycles. The van der Waals surface area contributed by atoms with Crippen molar-refractivity contribution < 1.29 is 24.3 Å². The van der Waals surface area contributed by atoms with E-state index < -0.39 is 47.9 Å². The predicted molar refractivity (Wildman–Crippen MR) is 174 cm³/mol. The van der Waals surface area contributed by atoms with Crippen molar-refractivity contribution in [1.82, 2.24) is 16.0 Å². The van der Waals surface area contributed by atoms with Gasteiger partial charge in [-0.05, 0) is 67.3 Å². The van der Waals surface area contributed by atoms with Crippen LogP contribution in [0.2, 0.25) is 0 Å². The molecule has 4 rings (SSSR count). The van der Waals surface area contributed by atoms with Crippen molar-refractivity contribution in [2.45, 2.75) is 63.8 Å². The van der Waals surface area contributed by atoms with Gasteiger partial charge in [0.05, 0.1) is 18.6 Å². The number of hydrogen-bond donors (Lipinski definition) is 5. The molecule has 0 saturated carbocycles. The second-order valence-corrected chi connectivity index (χ2v) is 12.2. The minimum absolute atomic E-state index is 0.0649. The van der Waals surface area contributed by atoms with Gasteiger partial charge in [0.1, 0.15) is 6.04 Å². The number of amides is 4. The molecular weight excluding hydrogens is 568 g/mol. The average Bonchev–Trinajstić information content (AvgIpc) is 2.99. The van der Waals surface area contributed by atoms with Crippen LogP contribution in [0, 0.1) is 0 Å². The number of rotatable bonds is 12. The van der Waals surface area contributed by atoms with Crippen LogP contribution in [-0.4, -0.2) is 52.5 Å². The van der Waals surface area contributed by atoms with Crippen molar-refractivity contribution >= 4 is 34.4 Å². The summed E-state index contributed by atoms with van der Waals surface area (Å²) in [5.41, 5.74) is 7.21. The highest BCUT2D eigenvalue weighted by Gasteiger charge is 2.30. The summed E-state index contributed by atoms with van der Waals surface area (Å²) in [5.74, 6) is -2.25. The minimum atomic E-state index is -1.28. The van der Waals surface area contributed by atoms with E-state index in [2.05, 4.69) is 16.0 Å². The Morgan fingerprint density at radius 2 is 1.40 bits per heavy atom. The third-order valence-electron chi connectivity index (χ3n) is 7.31. The molecule has 45 heavy (non-hydrogen) atoms. The Kier molecular flexibility index (Phi) is 10.7. The quantitative estimate of drug-likeness (QED) is 0.166. The molecule has 4 aromatic rings. The zero-order chi connectivity index (χ0) is 32.6. The van der Waals surface area contributed by atoms with E-state index in [1.807, 2.05) is 75.4 Å². The van der Waals surface area contributed by atoms with Crippen LogP contribution in [0.15, 0.2) is 97.1 Å². The second-order valence-electron chi connectivity index (χ2n) is 12.2. The third-order valence-corrected chi connectivity index (χ3v) is 7.31. The van der Waals surface area contributed by atoms with Gasteiger partial charge in [0.15, 0.2) is 0 Å². The molecule has 0 aliphatic carbocycles. The van der Waals surface area contributed by atoms with Gasteiger partial charge in [-0.15, -0.1) is 0 Å². The van der Waals surface area contributed by atoms with Gasteiger partial charge in [0.25, 0.3) is 11.8 Å². The van der Waals surface area contributed by atoms with Gasteiger partial charge in [0, 0.05) is 23.1 Å². The summed E-state index contributed by atoms with van der Waals surface area (Å²) >= 11 is 0. The molecule has 4 amide bonds. The summed E-state index contributed by atoms with van der Waals surface area (Å²) in [6.07, 6.45) is -1.24. The molecule has 0 aromatic heterocycles. The molecule has 9 heteroatoms. The van der Waals surface area contributed by atoms with Gasteiger partial charge in [-0.2, -0.15) is 0 Å². The second kappa shape index (κ2) is 14.6. The average molecular weight is 609 g/mol. The lowest BCUT2D eigenvalue weighted by Gasteiger charge is -2.28. The first-order valence-electron chi connectivity index (χ1n) is 14.9. The lowest BCUT2D eigenvalue weighted by atomic mass is 9.93. The van der Waals surface area contributed by atoms with Crippen molar-refractivity contribution in [3.63, 3.8) is 0 Å². The first kappa shape index (κ1) is 32.9. The number of aliphatic hydroxyl groups excluding tert-OH is 1. The van der Waals surface area contributed by atoms with Crippen LogP contribution in [0.3, 0.4) is 0 Å². The van der Waals surface area contributed by atoms with Crippen LogP contribution in [-0.2, 0) is 22.4 Å². The van der Waals surface area contributed by atoms with E-state index >= 15 is 0 Å². The van der Waals surface area contributed by atoms with Gasteiger partial charge in [-0.3, -0.25) is 19.2 Å². The van der Waals surface area contributed by atoms with Gasteiger partial charge >= 0.3 is 0 Å². The normalized spacial score (nSPS) is 13.3. The molecular formula is C36H40N4O5. The maximum atomic E-state index is 13.6. The van der Waals surface area contributed by atoms with Crippen LogP contribution >= 0.6 is 0 Å². The molecule has 0 spiro atoms. The van der Waals surface area contributed by atoms with Gasteiger partial charge in [-0.1, -0.05) is 78.9 Å². The fourth-order valence-electron chi connectivity index (χ4n) is 5.11. The molecule has 0 bridgehead atoms. The number of carbonyl (C=O) groups is 4. The summed E-state index contributed by atoms with van der Waals surface area (Å²) in [6, 6.07) is 26.9. The van der Waals surface area contributed by atoms with Gasteiger partial charge in [-0.25, -0.2) is 0 Å². The van der Waals surface area contributed by atoms with E-state index in [1.165, 1.54) is 0 Å². The van der Waals surface area contributed by atoms with Crippen LogP contribution < -0.4 is 21.7 Å². The zero-order valence-corrected chi connectivity index (χ0v) is 25.7. The Balaban J connectivity index is 1.56. The monoisotopic (exact) mass is 608 g/mol. The Bertz CT molecular complexity index is 1670. The van der Waals surface area contributed by atoms with Gasteiger partial charge in [0.2, 0.25) is 11.8 Å². The standard InChI is InChI=1S/C36H40N4O5/c1-36(2,3)40-34(44)28-16-10-9-15-26(28)21-31(41)29(19-23-11-5-4-6-12-23)38-35(45)30(22-32(37)42)39-33(43)27-18-17-24-13-7-8-14-25(24)20-27/h4-18,20,29-31,41H,19,21-22H2,1-3H3,(H2,37,42)(H,38,45)(H,39,43)(H,40,44)/t29-,30-,31+/m0/s1. The molecule has 0 fully saturated rings. The number of nitrogens with one attached hydrogen (secondary N) is 3. The van der Waals surface area contributed by atoms with Crippen LogP contribution in [0.5, 0.6) is 0 Å². The molecule has 4 aromatic carbocycles. The van der Waals surface area contributed by atoms with Crippen molar-refractivity contribution in [3.8, 4) is 0 Å². The van der Waals surface area contributed by atoms with E-state index in [0.717, 1.165) is 16.3 Å². The summed E-state index contributed by atoms with van der Waals surface area (Å²) in [7, 11) is 0. The number of aliphatic hydroxyl groups is 1. The summed E-state index contributed by atoms with van der Waals surface area (Å²) in [5, 5.41) is 21.8. The summed E-state index contributed by atoms with van der Waals surface area (Å²) < 4.78 is 0. The number of hydrogen-bond acceptors (Lipinski definition) is 5. The van der Waals surface area contributed by atoms with Crippen molar-refractivity contribution in [3.05, 3.63) is 119 Å². The fourth-order valence-corrected chi connectivity index (χ4v) is 5.11.